The molecule has 5 heteroatoms. The van der Waals surface area contributed by atoms with E-state index in [4.69, 9.17) is 4.74 Å². The molecule has 4 nitrogen and oxygen atoms in total. The first-order valence-electron chi connectivity index (χ1n) is 7.04. The van der Waals surface area contributed by atoms with Crippen molar-refractivity contribution in [1.82, 2.24) is 10.6 Å². The van der Waals surface area contributed by atoms with Crippen LogP contribution in [0.4, 0.5) is 0 Å². The van der Waals surface area contributed by atoms with Crippen molar-refractivity contribution in [3.8, 4) is 5.75 Å². The van der Waals surface area contributed by atoms with E-state index >= 15 is 0 Å². The van der Waals surface area contributed by atoms with Crippen LogP contribution in [0.1, 0.15) is 19.8 Å². The zero-order valence-corrected chi connectivity index (χ0v) is 13.3. The summed E-state index contributed by atoms with van der Waals surface area (Å²) in [5.41, 5.74) is 0. The molecule has 1 aliphatic heterocycles. The number of rotatable bonds is 5. The van der Waals surface area contributed by atoms with E-state index in [-0.39, 0.29) is 11.8 Å². The monoisotopic (exact) mass is 340 g/mol. The molecule has 1 aromatic carbocycles. The topological polar surface area (TPSA) is 50.4 Å². The first-order chi connectivity index (χ1) is 9.65. The van der Waals surface area contributed by atoms with Gasteiger partial charge in [0.2, 0.25) is 5.91 Å². The maximum atomic E-state index is 12.0. The smallest absolute Gasteiger partial charge is 0.223 e. The number of halogens is 1. The standard InChI is InChI=1S/C15H21BrN2O2/c1-11-9-12(5-6-17-11)15(19)18-7-8-20-14-4-2-3-13(16)10-14/h2-4,10-12,17H,5-9H2,1H3,(H,18,19)/t11-,12-/m0/s1. The minimum absolute atomic E-state index is 0.136. The van der Waals surface area contributed by atoms with Crippen molar-refractivity contribution < 1.29 is 9.53 Å². The number of hydrogen-bond donors (Lipinski definition) is 2. The van der Waals surface area contributed by atoms with Gasteiger partial charge >= 0.3 is 0 Å². The van der Waals surface area contributed by atoms with Gasteiger partial charge in [0.15, 0.2) is 0 Å². The number of carbonyl (C=O) groups is 1. The van der Waals surface area contributed by atoms with E-state index in [0.717, 1.165) is 29.6 Å². The molecule has 110 valence electrons. The third-order valence-corrected chi connectivity index (χ3v) is 3.95. The summed E-state index contributed by atoms with van der Waals surface area (Å²) < 4.78 is 6.58. The van der Waals surface area contributed by atoms with Gasteiger partial charge in [-0.2, -0.15) is 0 Å². The number of piperidine rings is 1. The Morgan fingerprint density at radius 3 is 3.15 bits per heavy atom. The molecule has 0 aromatic heterocycles. The van der Waals surface area contributed by atoms with E-state index in [1.165, 1.54) is 0 Å². The Bertz CT molecular complexity index is 453. The molecule has 20 heavy (non-hydrogen) atoms. The lowest BCUT2D eigenvalue weighted by atomic mass is 9.92. The van der Waals surface area contributed by atoms with Crippen LogP contribution in [-0.4, -0.2) is 31.6 Å². The van der Waals surface area contributed by atoms with Crippen molar-refractivity contribution in [2.75, 3.05) is 19.7 Å². The highest BCUT2D eigenvalue weighted by Crippen LogP contribution is 2.18. The molecule has 2 rings (SSSR count). The summed E-state index contributed by atoms with van der Waals surface area (Å²) in [6.45, 7) is 4.08. The van der Waals surface area contributed by atoms with Crippen LogP contribution in [0.15, 0.2) is 28.7 Å². The predicted octanol–water partition coefficient (Wildman–Crippen LogP) is 2.33. The van der Waals surface area contributed by atoms with E-state index in [1.54, 1.807) is 0 Å². The van der Waals surface area contributed by atoms with Gasteiger partial charge in [-0.15, -0.1) is 0 Å². The molecule has 1 amide bonds. The highest BCUT2D eigenvalue weighted by Gasteiger charge is 2.24. The second kappa shape index (κ2) is 7.64. The fourth-order valence-electron chi connectivity index (χ4n) is 2.41. The summed E-state index contributed by atoms with van der Waals surface area (Å²) >= 11 is 3.40. The van der Waals surface area contributed by atoms with Gasteiger partial charge in [0.05, 0.1) is 6.54 Å². The van der Waals surface area contributed by atoms with Crippen molar-refractivity contribution in [3.05, 3.63) is 28.7 Å². The Labute approximate surface area is 128 Å². The molecule has 0 radical (unpaired) electrons. The Morgan fingerprint density at radius 2 is 2.40 bits per heavy atom. The molecule has 2 atom stereocenters. The van der Waals surface area contributed by atoms with E-state index in [9.17, 15) is 4.79 Å². The average molecular weight is 341 g/mol. The number of hydrogen-bond acceptors (Lipinski definition) is 3. The van der Waals surface area contributed by atoms with Crippen LogP contribution in [0.5, 0.6) is 5.75 Å². The molecule has 0 bridgehead atoms. The lowest BCUT2D eigenvalue weighted by molar-refractivity contribution is -0.126. The lowest BCUT2D eigenvalue weighted by Gasteiger charge is -2.27. The molecule has 1 aliphatic rings. The minimum Gasteiger partial charge on any atom is -0.492 e. The highest BCUT2D eigenvalue weighted by atomic mass is 79.9. The summed E-state index contributed by atoms with van der Waals surface area (Å²) in [5, 5.41) is 6.31. The molecule has 0 unspecified atom stereocenters. The van der Waals surface area contributed by atoms with E-state index in [1.807, 2.05) is 24.3 Å². The van der Waals surface area contributed by atoms with Crippen LogP contribution in [0.3, 0.4) is 0 Å². The van der Waals surface area contributed by atoms with Gasteiger partial charge in [-0.3, -0.25) is 4.79 Å². The van der Waals surface area contributed by atoms with Crippen LogP contribution in [0.25, 0.3) is 0 Å². The van der Waals surface area contributed by atoms with Gasteiger partial charge in [0.1, 0.15) is 12.4 Å². The number of ether oxygens (including phenoxy) is 1. The second-order valence-electron chi connectivity index (χ2n) is 5.17. The molecule has 1 heterocycles. The first kappa shape index (κ1) is 15.3. The number of nitrogens with one attached hydrogen (secondary N) is 2. The van der Waals surface area contributed by atoms with Gasteiger partial charge in [0, 0.05) is 16.4 Å². The average Bonchev–Trinajstić information content (AvgIpc) is 2.43. The number of amides is 1. The summed E-state index contributed by atoms with van der Waals surface area (Å²) in [6, 6.07) is 8.12. The van der Waals surface area contributed by atoms with E-state index < -0.39 is 0 Å². The maximum absolute atomic E-state index is 12.0. The Balaban J connectivity index is 1.66. The van der Waals surface area contributed by atoms with E-state index in [0.29, 0.717) is 19.2 Å². The van der Waals surface area contributed by atoms with Crippen molar-refractivity contribution in [1.29, 1.82) is 0 Å². The Morgan fingerprint density at radius 1 is 1.55 bits per heavy atom. The van der Waals surface area contributed by atoms with Crippen molar-refractivity contribution in [2.45, 2.75) is 25.8 Å². The van der Waals surface area contributed by atoms with Crippen molar-refractivity contribution >= 4 is 21.8 Å². The van der Waals surface area contributed by atoms with Crippen LogP contribution in [-0.2, 0) is 4.79 Å². The largest absolute Gasteiger partial charge is 0.492 e. The molecule has 1 saturated heterocycles. The second-order valence-corrected chi connectivity index (χ2v) is 6.09. The molecule has 2 N–H and O–H groups in total. The Kier molecular flexibility index (Phi) is 5.86. The van der Waals surface area contributed by atoms with Crippen LogP contribution < -0.4 is 15.4 Å². The van der Waals surface area contributed by atoms with Crippen LogP contribution in [0.2, 0.25) is 0 Å². The van der Waals surface area contributed by atoms with Crippen molar-refractivity contribution in [2.24, 2.45) is 5.92 Å². The molecule has 0 spiro atoms. The van der Waals surface area contributed by atoms with Gasteiger partial charge in [-0.05, 0) is 44.5 Å². The molecule has 0 aliphatic carbocycles. The zero-order chi connectivity index (χ0) is 14.4. The summed E-state index contributed by atoms with van der Waals surface area (Å²) in [4.78, 5) is 12.0. The summed E-state index contributed by atoms with van der Waals surface area (Å²) in [5.74, 6) is 1.09. The van der Waals surface area contributed by atoms with E-state index in [2.05, 4.69) is 33.5 Å². The number of benzene rings is 1. The van der Waals surface area contributed by atoms with Crippen LogP contribution in [0, 0.1) is 5.92 Å². The molecular weight excluding hydrogens is 320 g/mol. The first-order valence-corrected chi connectivity index (χ1v) is 7.84. The highest BCUT2D eigenvalue weighted by molar-refractivity contribution is 9.10. The third kappa shape index (κ3) is 4.80. The molecule has 1 aromatic rings. The van der Waals surface area contributed by atoms with Gasteiger partial charge < -0.3 is 15.4 Å². The van der Waals surface area contributed by atoms with Gasteiger partial charge in [0.25, 0.3) is 0 Å². The summed E-state index contributed by atoms with van der Waals surface area (Å²) in [6.07, 6.45) is 1.83. The van der Waals surface area contributed by atoms with Gasteiger partial charge in [-0.1, -0.05) is 22.0 Å². The van der Waals surface area contributed by atoms with Crippen LogP contribution >= 0.6 is 15.9 Å². The molecule has 0 saturated carbocycles. The van der Waals surface area contributed by atoms with Crippen molar-refractivity contribution in [3.63, 3.8) is 0 Å². The fraction of sp³-hybridized carbons (Fsp3) is 0.533. The lowest BCUT2D eigenvalue weighted by Crippen LogP contribution is -2.43. The Hall–Kier alpha value is -1.07. The zero-order valence-electron chi connectivity index (χ0n) is 11.7. The van der Waals surface area contributed by atoms with Gasteiger partial charge in [-0.25, -0.2) is 0 Å². The molecular formula is C15H21BrN2O2. The normalized spacial score (nSPS) is 22.3. The quantitative estimate of drug-likeness (QED) is 0.809. The predicted molar refractivity (Wildman–Crippen MR) is 82.8 cm³/mol. The molecule has 1 fully saturated rings. The SMILES string of the molecule is C[C@H]1C[C@@H](C(=O)NCCOc2cccc(Br)c2)CCN1. The fourth-order valence-corrected chi connectivity index (χ4v) is 2.79. The number of carbonyl (C=O) groups excluding carboxylic acids is 1. The minimum atomic E-state index is 0.136. The third-order valence-electron chi connectivity index (χ3n) is 3.46. The maximum Gasteiger partial charge on any atom is 0.223 e. The summed E-state index contributed by atoms with van der Waals surface area (Å²) in [7, 11) is 0.